The van der Waals surface area contributed by atoms with E-state index in [-0.39, 0.29) is 18.9 Å². The summed E-state index contributed by atoms with van der Waals surface area (Å²) in [4.78, 5) is 21.5. The van der Waals surface area contributed by atoms with Gasteiger partial charge in [0.1, 0.15) is 30.4 Å². The van der Waals surface area contributed by atoms with Crippen LogP contribution in [0.25, 0.3) is 11.5 Å². The second-order valence-electron chi connectivity index (χ2n) is 9.34. The van der Waals surface area contributed by atoms with Crippen molar-refractivity contribution < 1.29 is 23.9 Å². The van der Waals surface area contributed by atoms with Crippen molar-refractivity contribution in [3.63, 3.8) is 0 Å². The molecule has 1 heterocycles. The van der Waals surface area contributed by atoms with Crippen molar-refractivity contribution >= 4 is 11.7 Å². The Bertz CT molecular complexity index is 1330. The Morgan fingerprint density at radius 1 is 0.846 bits per heavy atom. The maximum atomic E-state index is 11.5. The van der Waals surface area contributed by atoms with Crippen LogP contribution in [0.15, 0.2) is 94.5 Å². The Morgan fingerprint density at radius 2 is 1.54 bits per heavy atom. The summed E-state index contributed by atoms with van der Waals surface area (Å²) in [7, 11) is 0. The molecule has 7 nitrogen and oxygen atoms in total. The quantitative estimate of drug-likeness (QED) is 0.0987. The maximum absolute atomic E-state index is 11.5. The lowest BCUT2D eigenvalue weighted by atomic mass is 10.0. The summed E-state index contributed by atoms with van der Waals surface area (Å²) in [6.45, 7) is 2.34. The van der Waals surface area contributed by atoms with Gasteiger partial charge in [0.2, 0.25) is 5.89 Å². The molecule has 0 aliphatic heterocycles. The van der Waals surface area contributed by atoms with Gasteiger partial charge in [0, 0.05) is 12.0 Å². The number of unbranched alkanes of at least 4 members (excludes halogenated alkanes) is 3. The second-order valence-corrected chi connectivity index (χ2v) is 9.34. The first-order valence-corrected chi connectivity index (χ1v) is 13.3. The molecule has 202 valence electrons. The van der Waals surface area contributed by atoms with Crippen molar-refractivity contribution in [1.82, 2.24) is 4.98 Å². The van der Waals surface area contributed by atoms with Gasteiger partial charge in [-0.05, 0) is 61.6 Å². The Balaban J connectivity index is 1.17. The number of benzene rings is 3. The number of carbonyl (C=O) groups is 1. The minimum absolute atomic E-state index is 0.0517. The monoisotopic (exact) mass is 526 g/mol. The zero-order valence-corrected chi connectivity index (χ0v) is 22.2. The molecule has 0 amide bonds. The topological polar surface area (TPSA) is 94.2 Å². The first-order chi connectivity index (χ1) is 19.1. The van der Waals surface area contributed by atoms with Crippen LogP contribution in [-0.2, 0) is 29.3 Å². The van der Waals surface area contributed by atoms with E-state index < -0.39 is 5.97 Å². The highest BCUT2D eigenvalue weighted by Gasteiger charge is 2.12. The Morgan fingerprint density at radius 3 is 2.26 bits per heavy atom. The largest absolute Gasteiger partial charge is 0.487 e. The smallest absolute Gasteiger partial charge is 0.353 e. The van der Waals surface area contributed by atoms with Gasteiger partial charge in [0.05, 0.1) is 0 Å². The molecule has 7 heteroatoms. The van der Waals surface area contributed by atoms with Gasteiger partial charge < -0.3 is 19.1 Å². The number of aryl methyl sites for hydroxylation is 2. The van der Waals surface area contributed by atoms with Crippen molar-refractivity contribution in [2.24, 2.45) is 5.16 Å². The highest BCUT2D eigenvalue weighted by molar-refractivity contribution is 6.35. The van der Waals surface area contributed by atoms with Crippen LogP contribution < -0.4 is 4.74 Å². The lowest BCUT2D eigenvalue weighted by Gasteiger charge is -2.07. The summed E-state index contributed by atoms with van der Waals surface area (Å²) < 4.78 is 11.7. The van der Waals surface area contributed by atoms with Crippen molar-refractivity contribution in [2.45, 2.75) is 58.7 Å². The fraction of sp³-hybridized carbons (Fsp3) is 0.281. The molecule has 0 saturated heterocycles. The summed E-state index contributed by atoms with van der Waals surface area (Å²) >= 11 is 0. The van der Waals surface area contributed by atoms with Gasteiger partial charge in [-0.15, -0.1) is 0 Å². The summed E-state index contributed by atoms with van der Waals surface area (Å²) in [6, 6.07) is 27.5. The van der Waals surface area contributed by atoms with Crippen LogP contribution in [0.2, 0.25) is 0 Å². The first kappa shape index (κ1) is 27.6. The number of carboxylic acid groups (broad SMARTS) is 1. The highest BCUT2D eigenvalue weighted by atomic mass is 16.6. The van der Waals surface area contributed by atoms with Gasteiger partial charge in [0.25, 0.3) is 0 Å². The number of hydrogen-bond donors (Lipinski definition) is 1. The SMILES string of the molecule is Cc1oc(-c2ccccc2)nc1COc1ccc(CON=C(CCCCCCc2ccccc2)C(=O)O)cc1. The van der Waals surface area contributed by atoms with E-state index in [1.165, 1.54) is 5.56 Å². The molecule has 39 heavy (non-hydrogen) atoms. The molecule has 4 rings (SSSR count). The van der Waals surface area contributed by atoms with Crippen LogP contribution in [-0.4, -0.2) is 21.8 Å². The molecule has 4 aromatic rings. The number of aromatic nitrogens is 1. The summed E-state index contributed by atoms with van der Waals surface area (Å²) in [6.07, 6.45) is 5.31. The third kappa shape index (κ3) is 8.85. The Hall–Kier alpha value is -4.39. The van der Waals surface area contributed by atoms with E-state index in [2.05, 4.69) is 34.4 Å². The third-order valence-electron chi connectivity index (χ3n) is 6.34. The van der Waals surface area contributed by atoms with E-state index in [0.717, 1.165) is 54.7 Å². The predicted molar refractivity (Wildman–Crippen MR) is 151 cm³/mol. The van der Waals surface area contributed by atoms with Crippen LogP contribution in [0.4, 0.5) is 0 Å². The van der Waals surface area contributed by atoms with Gasteiger partial charge in [-0.25, -0.2) is 9.78 Å². The normalized spacial score (nSPS) is 11.4. The van der Waals surface area contributed by atoms with Crippen LogP contribution in [0.5, 0.6) is 5.75 Å². The van der Waals surface area contributed by atoms with E-state index in [0.29, 0.717) is 18.1 Å². The summed E-state index contributed by atoms with van der Waals surface area (Å²) in [5.41, 5.74) is 3.91. The van der Waals surface area contributed by atoms with Gasteiger partial charge in [-0.2, -0.15) is 0 Å². The molecular formula is C32H34N2O5. The predicted octanol–water partition coefficient (Wildman–Crippen LogP) is 7.38. The average molecular weight is 527 g/mol. The summed E-state index contributed by atoms with van der Waals surface area (Å²) in [5, 5.41) is 13.3. The summed E-state index contributed by atoms with van der Waals surface area (Å²) in [5.74, 6) is 0.938. The van der Waals surface area contributed by atoms with Crippen LogP contribution in [0.3, 0.4) is 0 Å². The molecule has 0 aliphatic rings. The molecule has 0 radical (unpaired) electrons. The van der Waals surface area contributed by atoms with Crippen LogP contribution >= 0.6 is 0 Å². The first-order valence-electron chi connectivity index (χ1n) is 13.3. The van der Waals surface area contributed by atoms with Crippen LogP contribution in [0, 0.1) is 6.92 Å². The van der Waals surface area contributed by atoms with Gasteiger partial charge in [-0.3, -0.25) is 0 Å². The van der Waals surface area contributed by atoms with Crippen molar-refractivity contribution in [3.8, 4) is 17.2 Å². The zero-order valence-electron chi connectivity index (χ0n) is 22.2. The second kappa shape index (κ2) is 14.5. The van der Waals surface area contributed by atoms with E-state index >= 15 is 0 Å². The molecular weight excluding hydrogens is 492 g/mol. The number of oxazole rings is 1. The lowest BCUT2D eigenvalue weighted by molar-refractivity contribution is -0.129. The van der Waals surface area contributed by atoms with Gasteiger partial charge in [0.15, 0.2) is 5.71 Å². The van der Waals surface area contributed by atoms with Crippen molar-refractivity contribution in [2.75, 3.05) is 0 Å². The van der Waals surface area contributed by atoms with Crippen molar-refractivity contribution in [1.29, 1.82) is 0 Å². The van der Waals surface area contributed by atoms with E-state index in [4.69, 9.17) is 14.0 Å². The molecule has 1 N–H and O–H groups in total. The molecule has 0 atom stereocenters. The fourth-order valence-electron chi connectivity index (χ4n) is 4.10. The molecule has 0 fully saturated rings. The molecule has 3 aromatic carbocycles. The number of hydrogen-bond acceptors (Lipinski definition) is 6. The number of nitrogens with zero attached hydrogens (tertiary/aromatic N) is 2. The number of oxime groups is 1. The minimum Gasteiger partial charge on any atom is -0.487 e. The molecule has 0 bridgehead atoms. The molecule has 1 aromatic heterocycles. The standard InChI is InChI=1S/C32H34N2O5/c1-24-30(33-31(39-24)27-15-9-5-10-16-27)23-37-28-20-18-26(19-21-28)22-38-34-29(32(35)36)17-11-3-2-6-12-25-13-7-4-8-14-25/h4-5,7-10,13-16,18-21H,2-3,6,11-12,17,22-23H2,1H3,(H,35,36). The van der Waals surface area contributed by atoms with Gasteiger partial charge in [-0.1, -0.05) is 78.7 Å². The average Bonchev–Trinajstić information content (AvgIpc) is 3.34. The third-order valence-corrected chi connectivity index (χ3v) is 6.34. The minimum atomic E-state index is -1.04. The van der Waals surface area contributed by atoms with E-state index in [9.17, 15) is 9.90 Å². The van der Waals surface area contributed by atoms with Crippen molar-refractivity contribution in [3.05, 3.63) is 108 Å². The number of rotatable bonds is 15. The molecule has 0 aliphatic carbocycles. The number of carboxylic acids is 1. The molecule has 0 spiro atoms. The van der Waals surface area contributed by atoms with Crippen LogP contribution in [0.1, 0.15) is 54.7 Å². The maximum Gasteiger partial charge on any atom is 0.353 e. The Kier molecular flexibility index (Phi) is 10.3. The van der Waals surface area contributed by atoms with E-state index in [1.807, 2.05) is 67.6 Å². The highest BCUT2D eigenvalue weighted by Crippen LogP contribution is 2.23. The zero-order chi connectivity index (χ0) is 27.3. The molecule has 0 saturated carbocycles. The fourth-order valence-corrected chi connectivity index (χ4v) is 4.10. The lowest BCUT2D eigenvalue weighted by Crippen LogP contribution is -2.13. The van der Waals surface area contributed by atoms with E-state index in [1.54, 1.807) is 0 Å². The molecule has 0 unspecified atom stereocenters. The number of aliphatic carboxylic acids is 1. The number of ether oxygens (including phenoxy) is 1. The van der Waals surface area contributed by atoms with Gasteiger partial charge >= 0.3 is 5.97 Å². The Labute approximate surface area is 229 Å².